The van der Waals surface area contributed by atoms with Crippen LogP contribution in [-0.2, 0) is 6.54 Å². The van der Waals surface area contributed by atoms with E-state index in [-0.39, 0.29) is 0 Å². The lowest BCUT2D eigenvalue weighted by Crippen LogP contribution is -2.59. The molecular weight excluding hydrogens is 348 g/mol. The van der Waals surface area contributed by atoms with Crippen LogP contribution in [0.2, 0.25) is 0 Å². The molecule has 4 nitrogen and oxygen atoms in total. The van der Waals surface area contributed by atoms with Crippen LogP contribution in [0.1, 0.15) is 29.9 Å². The van der Waals surface area contributed by atoms with Crippen LogP contribution in [0, 0.1) is 5.92 Å². The first kappa shape index (κ1) is 18.0. The lowest BCUT2D eigenvalue weighted by molar-refractivity contribution is -0.00870. The number of ether oxygens (including phenoxy) is 2. The molecule has 0 spiro atoms. The fourth-order valence-corrected chi connectivity index (χ4v) is 5.87. The smallest absolute Gasteiger partial charge is 0.119 e. The van der Waals surface area contributed by atoms with Gasteiger partial charge in [0.05, 0.1) is 14.2 Å². The number of methoxy groups -OCH3 is 2. The third-order valence-corrected chi connectivity index (χ3v) is 7.16. The number of hydrogen-bond donors (Lipinski definition) is 0. The molecule has 6 rings (SSSR count). The van der Waals surface area contributed by atoms with Gasteiger partial charge >= 0.3 is 0 Å². The largest absolute Gasteiger partial charge is 0.497 e. The van der Waals surface area contributed by atoms with E-state index in [9.17, 15) is 0 Å². The van der Waals surface area contributed by atoms with Crippen molar-refractivity contribution in [2.45, 2.75) is 37.4 Å². The summed E-state index contributed by atoms with van der Waals surface area (Å²) in [6.07, 6.45) is 2.70. The fraction of sp³-hybridized carbons (Fsp3) is 0.500. The summed E-state index contributed by atoms with van der Waals surface area (Å²) in [5.74, 6) is 3.30. The minimum atomic E-state index is 0.574. The summed E-state index contributed by atoms with van der Waals surface area (Å²) >= 11 is 0. The Morgan fingerprint density at radius 1 is 0.893 bits per heavy atom. The molecule has 4 heterocycles. The van der Waals surface area contributed by atoms with Crippen molar-refractivity contribution >= 4 is 0 Å². The topological polar surface area (TPSA) is 24.9 Å². The van der Waals surface area contributed by atoms with E-state index in [2.05, 4.69) is 52.3 Å². The lowest BCUT2D eigenvalue weighted by atomic mass is 9.75. The van der Waals surface area contributed by atoms with Gasteiger partial charge in [-0.1, -0.05) is 24.3 Å². The number of rotatable bonds is 5. The molecule has 2 bridgehead atoms. The molecule has 0 saturated carbocycles. The summed E-state index contributed by atoms with van der Waals surface area (Å²) in [5, 5.41) is 0. The summed E-state index contributed by atoms with van der Waals surface area (Å²) in [4.78, 5) is 5.52. The van der Waals surface area contributed by atoms with E-state index in [0.717, 1.165) is 30.5 Å². The summed E-state index contributed by atoms with van der Waals surface area (Å²) in [6, 6.07) is 18.7. The highest BCUT2D eigenvalue weighted by atomic mass is 16.5. The summed E-state index contributed by atoms with van der Waals surface area (Å²) < 4.78 is 10.8. The second kappa shape index (κ2) is 7.41. The maximum atomic E-state index is 5.45. The van der Waals surface area contributed by atoms with Crippen LogP contribution >= 0.6 is 0 Å². The average molecular weight is 379 g/mol. The van der Waals surface area contributed by atoms with E-state index in [1.165, 1.54) is 37.1 Å². The third-order valence-electron chi connectivity index (χ3n) is 7.16. The van der Waals surface area contributed by atoms with Crippen molar-refractivity contribution in [2.24, 2.45) is 5.92 Å². The van der Waals surface area contributed by atoms with Gasteiger partial charge in [-0.05, 0) is 67.2 Å². The van der Waals surface area contributed by atoms with E-state index >= 15 is 0 Å². The van der Waals surface area contributed by atoms with Crippen molar-refractivity contribution < 1.29 is 9.47 Å². The van der Waals surface area contributed by atoms with Gasteiger partial charge in [-0.25, -0.2) is 0 Å². The zero-order valence-electron chi connectivity index (χ0n) is 16.9. The van der Waals surface area contributed by atoms with Crippen molar-refractivity contribution in [2.75, 3.05) is 33.9 Å². The number of piperidine rings is 3. The van der Waals surface area contributed by atoms with Gasteiger partial charge in [0.2, 0.25) is 0 Å². The molecule has 0 aromatic heterocycles. The standard InChI is InChI=1S/C24H30N2O2/c1-27-20-8-6-18(7-9-20)22-16-26(15-17-4-3-5-21(14-17)28-2)23-19-10-12-25(13-11-19)24(22)23/h3-9,14,19,22-24H,10-13,15-16H2,1-2H3/t22-,23+,24+/m0/s1. The predicted molar refractivity (Wildman–Crippen MR) is 111 cm³/mol. The molecule has 0 aliphatic carbocycles. The van der Waals surface area contributed by atoms with Gasteiger partial charge in [-0.15, -0.1) is 0 Å². The Bertz CT molecular complexity index is 814. The molecule has 0 N–H and O–H groups in total. The predicted octanol–water partition coefficient (Wildman–Crippen LogP) is 3.77. The van der Waals surface area contributed by atoms with Gasteiger partial charge in [-0.3, -0.25) is 9.80 Å². The average Bonchev–Trinajstić information content (AvgIpc) is 3.16. The number of benzene rings is 2. The highest BCUT2D eigenvalue weighted by Crippen LogP contribution is 2.47. The van der Waals surface area contributed by atoms with E-state index in [1.807, 2.05) is 6.07 Å². The molecule has 4 fully saturated rings. The van der Waals surface area contributed by atoms with E-state index in [0.29, 0.717) is 18.0 Å². The monoisotopic (exact) mass is 378 g/mol. The van der Waals surface area contributed by atoms with Gasteiger partial charge in [-0.2, -0.15) is 0 Å². The fourth-order valence-electron chi connectivity index (χ4n) is 5.87. The molecule has 3 atom stereocenters. The van der Waals surface area contributed by atoms with Crippen molar-refractivity contribution in [3.8, 4) is 11.5 Å². The van der Waals surface area contributed by atoms with Gasteiger partial charge in [0, 0.05) is 31.1 Å². The summed E-state index contributed by atoms with van der Waals surface area (Å²) in [5.41, 5.74) is 2.81. The van der Waals surface area contributed by atoms with E-state index < -0.39 is 0 Å². The Kier molecular flexibility index (Phi) is 4.77. The van der Waals surface area contributed by atoms with Crippen LogP contribution < -0.4 is 9.47 Å². The van der Waals surface area contributed by atoms with Crippen LogP contribution in [0.5, 0.6) is 11.5 Å². The summed E-state index contributed by atoms with van der Waals surface area (Å²) in [6.45, 7) is 4.68. The minimum absolute atomic E-state index is 0.574. The lowest BCUT2D eigenvalue weighted by Gasteiger charge is -2.51. The highest BCUT2D eigenvalue weighted by Gasteiger charge is 2.53. The van der Waals surface area contributed by atoms with Crippen molar-refractivity contribution in [1.29, 1.82) is 0 Å². The van der Waals surface area contributed by atoms with Crippen molar-refractivity contribution in [1.82, 2.24) is 9.80 Å². The Hall–Kier alpha value is -2.04. The Labute approximate surface area is 168 Å². The molecule has 4 aliphatic rings. The van der Waals surface area contributed by atoms with E-state index in [4.69, 9.17) is 9.47 Å². The SMILES string of the molecule is COc1ccc([C@@H]2CN(Cc3cccc(OC)c3)[C@@H]3C4CCN(CC4)[C@@H]32)cc1. The molecule has 2 aromatic carbocycles. The minimum Gasteiger partial charge on any atom is -0.497 e. The molecule has 4 aliphatic heterocycles. The number of likely N-dealkylation sites (tertiary alicyclic amines) is 1. The van der Waals surface area contributed by atoms with Crippen LogP contribution in [-0.4, -0.2) is 55.7 Å². The van der Waals surface area contributed by atoms with Gasteiger partial charge in [0.25, 0.3) is 0 Å². The second-order valence-electron chi connectivity index (χ2n) is 8.52. The van der Waals surface area contributed by atoms with Gasteiger partial charge in [0.15, 0.2) is 0 Å². The van der Waals surface area contributed by atoms with Crippen LogP contribution in [0.3, 0.4) is 0 Å². The third kappa shape index (κ3) is 3.09. The molecule has 28 heavy (non-hydrogen) atoms. The second-order valence-corrected chi connectivity index (χ2v) is 8.52. The molecule has 0 amide bonds. The van der Waals surface area contributed by atoms with Gasteiger partial charge in [0.1, 0.15) is 11.5 Å². The van der Waals surface area contributed by atoms with Crippen LogP contribution in [0.4, 0.5) is 0 Å². The number of fused-ring (bicyclic) bond motifs is 2. The molecule has 0 unspecified atom stereocenters. The number of hydrogen-bond acceptors (Lipinski definition) is 4. The molecular formula is C24H30N2O2. The first-order chi connectivity index (χ1) is 13.8. The quantitative estimate of drug-likeness (QED) is 0.791. The van der Waals surface area contributed by atoms with Crippen LogP contribution in [0.25, 0.3) is 0 Å². The van der Waals surface area contributed by atoms with Crippen LogP contribution in [0.15, 0.2) is 48.5 Å². The molecule has 0 radical (unpaired) electrons. The van der Waals surface area contributed by atoms with Crippen molar-refractivity contribution in [3.63, 3.8) is 0 Å². The first-order valence-corrected chi connectivity index (χ1v) is 10.5. The maximum absolute atomic E-state index is 5.45. The highest BCUT2D eigenvalue weighted by molar-refractivity contribution is 5.34. The Morgan fingerprint density at radius 3 is 2.36 bits per heavy atom. The van der Waals surface area contributed by atoms with Crippen molar-refractivity contribution in [3.05, 3.63) is 59.7 Å². The molecule has 148 valence electrons. The summed E-state index contributed by atoms with van der Waals surface area (Å²) in [7, 11) is 3.49. The number of nitrogens with zero attached hydrogens (tertiary/aromatic N) is 2. The maximum Gasteiger partial charge on any atom is 0.119 e. The normalized spacial score (nSPS) is 31.6. The zero-order chi connectivity index (χ0) is 19.1. The Morgan fingerprint density at radius 2 is 1.64 bits per heavy atom. The molecule has 4 heteroatoms. The Balaban J connectivity index is 1.44. The zero-order valence-corrected chi connectivity index (χ0v) is 16.9. The van der Waals surface area contributed by atoms with E-state index in [1.54, 1.807) is 14.2 Å². The molecule has 4 saturated heterocycles. The van der Waals surface area contributed by atoms with Gasteiger partial charge < -0.3 is 9.47 Å². The molecule has 2 aromatic rings. The first-order valence-electron chi connectivity index (χ1n) is 10.5.